The third-order valence-electron chi connectivity index (χ3n) is 4.76. The van der Waals surface area contributed by atoms with E-state index < -0.39 is 0 Å². The van der Waals surface area contributed by atoms with Crippen molar-refractivity contribution in [3.05, 3.63) is 33.9 Å². The van der Waals surface area contributed by atoms with Crippen LogP contribution in [0.15, 0.2) is 28.5 Å². The van der Waals surface area contributed by atoms with Crippen LogP contribution in [0.3, 0.4) is 0 Å². The highest BCUT2D eigenvalue weighted by atomic mass is 32.1. The van der Waals surface area contributed by atoms with Crippen molar-refractivity contribution in [1.29, 1.82) is 0 Å². The molecular weight excluding hydrogens is 256 g/mol. The lowest BCUT2D eigenvalue weighted by Gasteiger charge is -2.34. The highest BCUT2D eigenvalue weighted by Crippen LogP contribution is 2.36. The number of fused-ring (bicyclic) bond motifs is 5. The van der Waals surface area contributed by atoms with Gasteiger partial charge in [-0.05, 0) is 43.0 Å². The first-order valence-corrected chi connectivity index (χ1v) is 8.03. The molecule has 2 bridgehead atoms. The quantitative estimate of drug-likeness (QED) is 0.798. The Kier molecular flexibility index (Phi) is 2.74. The lowest BCUT2D eigenvalue weighted by atomic mass is 9.95. The van der Waals surface area contributed by atoms with Crippen LogP contribution in [0, 0.1) is 5.92 Å². The molecule has 0 aliphatic carbocycles. The van der Waals surface area contributed by atoms with Gasteiger partial charge < -0.3 is 4.57 Å². The molecule has 19 heavy (non-hydrogen) atoms. The van der Waals surface area contributed by atoms with Gasteiger partial charge in [0.2, 0.25) is 0 Å². The van der Waals surface area contributed by atoms with E-state index in [9.17, 15) is 4.79 Å². The zero-order valence-corrected chi connectivity index (χ0v) is 11.7. The molecule has 1 unspecified atom stereocenters. The van der Waals surface area contributed by atoms with Crippen LogP contribution in [0.5, 0.6) is 0 Å². The van der Waals surface area contributed by atoms with Gasteiger partial charge in [0, 0.05) is 25.4 Å². The van der Waals surface area contributed by atoms with Crippen LogP contribution in [0.25, 0.3) is 10.2 Å². The minimum absolute atomic E-state index is 0.161. The molecule has 100 valence electrons. The van der Waals surface area contributed by atoms with Crippen LogP contribution in [0.1, 0.15) is 31.8 Å². The molecule has 4 heteroatoms. The first-order valence-electron chi connectivity index (χ1n) is 7.15. The number of aromatic nitrogens is 1. The number of pyridine rings is 1. The van der Waals surface area contributed by atoms with Gasteiger partial charge in [-0.2, -0.15) is 0 Å². The van der Waals surface area contributed by atoms with Crippen LogP contribution in [0.4, 0.5) is 0 Å². The zero-order chi connectivity index (χ0) is 12.8. The summed E-state index contributed by atoms with van der Waals surface area (Å²) >= 11 is 1.56. The molecule has 0 saturated carbocycles. The number of thiophene rings is 1. The molecule has 3 fully saturated rings. The molecule has 0 aromatic carbocycles. The molecule has 3 aliphatic rings. The molecule has 2 aromatic heterocycles. The van der Waals surface area contributed by atoms with Crippen LogP contribution in [-0.2, 0) is 0 Å². The van der Waals surface area contributed by atoms with Crippen LogP contribution in [-0.4, -0.2) is 22.6 Å². The summed E-state index contributed by atoms with van der Waals surface area (Å²) in [6.45, 7) is 2.43. The molecule has 3 aliphatic heterocycles. The Bertz CT molecular complexity index is 651. The fraction of sp³-hybridized carbons (Fsp3) is 0.533. The van der Waals surface area contributed by atoms with Crippen LogP contribution < -0.4 is 5.43 Å². The average Bonchev–Trinajstić information content (AvgIpc) is 2.76. The standard InChI is InChI=1S/C15H18N2OS/c18-13-5-9-17(12-6-10-19-15(12)13)14-2-1-11-3-7-16(14)8-4-11/h5-6,9-11,14H,1-4,7-8H2. The maximum atomic E-state index is 11.9. The summed E-state index contributed by atoms with van der Waals surface area (Å²) in [5.41, 5.74) is 1.28. The summed E-state index contributed by atoms with van der Waals surface area (Å²) in [5, 5.41) is 2.03. The largest absolute Gasteiger partial charge is 0.330 e. The molecule has 5 rings (SSSR count). The summed E-state index contributed by atoms with van der Waals surface area (Å²) in [5.74, 6) is 0.929. The van der Waals surface area contributed by atoms with Crippen molar-refractivity contribution in [2.75, 3.05) is 13.1 Å². The van der Waals surface area contributed by atoms with E-state index in [0.29, 0.717) is 6.17 Å². The Balaban J connectivity index is 1.83. The fourth-order valence-corrected chi connectivity index (χ4v) is 4.49. The van der Waals surface area contributed by atoms with E-state index in [-0.39, 0.29) is 5.43 Å². The molecule has 1 atom stereocenters. The molecule has 0 spiro atoms. The van der Waals surface area contributed by atoms with Gasteiger partial charge in [0.1, 0.15) is 0 Å². The highest BCUT2D eigenvalue weighted by Gasteiger charge is 2.31. The van der Waals surface area contributed by atoms with Crippen molar-refractivity contribution in [2.45, 2.75) is 31.8 Å². The summed E-state index contributed by atoms with van der Waals surface area (Å²) < 4.78 is 3.24. The zero-order valence-electron chi connectivity index (χ0n) is 10.9. The lowest BCUT2D eigenvalue weighted by Crippen LogP contribution is -2.36. The molecule has 0 N–H and O–H groups in total. The number of hydrogen-bond donors (Lipinski definition) is 0. The highest BCUT2D eigenvalue weighted by molar-refractivity contribution is 7.17. The van der Waals surface area contributed by atoms with Gasteiger partial charge in [0.15, 0.2) is 5.43 Å². The SMILES string of the molecule is O=c1ccn(C2CCC3CCN2CC3)c2ccsc12. The number of hydrogen-bond acceptors (Lipinski definition) is 3. The number of piperidine rings is 1. The van der Waals surface area contributed by atoms with Crippen molar-refractivity contribution < 1.29 is 0 Å². The third-order valence-corrected chi connectivity index (χ3v) is 5.68. The molecule has 0 radical (unpaired) electrons. The fourth-order valence-electron chi connectivity index (χ4n) is 3.68. The van der Waals surface area contributed by atoms with Gasteiger partial charge >= 0.3 is 0 Å². The number of rotatable bonds is 1. The maximum Gasteiger partial charge on any atom is 0.199 e. The first kappa shape index (κ1) is 11.7. The Hall–Kier alpha value is -1.13. The molecule has 0 amide bonds. The number of nitrogens with zero attached hydrogens (tertiary/aromatic N) is 2. The monoisotopic (exact) mass is 274 g/mol. The van der Waals surface area contributed by atoms with Crippen molar-refractivity contribution in [2.24, 2.45) is 5.92 Å². The maximum absolute atomic E-state index is 11.9. The lowest BCUT2D eigenvalue weighted by molar-refractivity contribution is 0.127. The Labute approximate surface area is 116 Å². The van der Waals surface area contributed by atoms with Gasteiger partial charge in [-0.25, -0.2) is 0 Å². The van der Waals surface area contributed by atoms with Gasteiger partial charge in [0.25, 0.3) is 0 Å². The summed E-state index contributed by atoms with van der Waals surface area (Å²) in [6, 6.07) is 3.83. The molecule has 3 nitrogen and oxygen atoms in total. The minimum Gasteiger partial charge on any atom is -0.330 e. The van der Waals surface area contributed by atoms with Crippen molar-refractivity contribution in [3.63, 3.8) is 0 Å². The van der Waals surface area contributed by atoms with E-state index >= 15 is 0 Å². The van der Waals surface area contributed by atoms with Crippen molar-refractivity contribution in [1.82, 2.24) is 9.47 Å². The van der Waals surface area contributed by atoms with Crippen molar-refractivity contribution in [3.8, 4) is 0 Å². The van der Waals surface area contributed by atoms with E-state index in [4.69, 9.17) is 0 Å². The Morgan fingerprint density at radius 1 is 1.11 bits per heavy atom. The van der Waals surface area contributed by atoms with E-state index in [1.54, 1.807) is 17.4 Å². The van der Waals surface area contributed by atoms with Gasteiger partial charge in [-0.3, -0.25) is 9.69 Å². The van der Waals surface area contributed by atoms with Gasteiger partial charge in [-0.15, -0.1) is 11.3 Å². The Morgan fingerprint density at radius 3 is 2.79 bits per heavy atom. The van der Waals surface area contributed by atoms with Crippen molar-refractivity contribution >= 4 is 21.6 Å². The second-order valence-corrected chi connectivity index (χ2v) is 6.68. The van der Waals surface area contributed by atoms with Gasteiger partial charge in [0.05, 0.1) is 16.4 Å². The van der Waals surface area contributed by atoms with E-state index in [2.05, 4.69) is 15.5 Å². The second kappa shape index (κ2) is 4.46. The van der Waals surface area contributed by atoms with Gasteiger partial charge in [-0.1, -0.05) is 0 Å². The van der Waals surface area contributed by atoms with E-state index in [1.807, 2.05) is 11.6 Å². The summed E-state index contributed by atoms with van der Waals surface area (Å²) in [6.07, 6.45) is 7.70. The topological polar surface area (TPSA) is 25.2 Å². The van der Waals surface area contributed by atoms with E-state index in [0.717, 1.165) is 16.1 Å². The summed E-state index contributed by atoms with van der Waals surface area (Å²) in [7, 11) is 0. The molecular formula is C15H18N2OS. The van der Waals surface area contributed by atoms with Crippen LogP contribution >= 0.6 is 11.3 Å². The smallest absolute Gasteiger partial charge is 0.199 e. The third kappa shape index (κ3) is 1.85. The molecule has 3 saturated heterocycles. The minimum atomic E-state index is 0.161. The van der Waals surface area contributed by atoms with E-state index in [1.165, 1.54) is 38.8 Å². The second-order valence-electron chi connectivity index (χ2n) is 5.76. The molecule has 5 heterocycles. The average molecular weight is 274 g/mol. The molecule has 2 aromatic rings. The summed E-state index contributed by atoms with van der Waals surface area (Å²) in [4.78, 5) is 14.5. The normalized spacial score (nSPS) is 30.6. The first-order chi connectivity index (χ1) is 9.33. The predicted molar refractivity (Wildman–Crippen MR) is 78.7 cm³/mol. The Morgan fingerprint density at radius 2 is 1.95 bits per heavy atom. The predicted octanol–water partition coefficient (Wildman–Crippen LogP) is 3.07. The van der Waals surface area contributed by atoms with Crippen LogP contribution in [0.2, 0.25) is 0 Å².